The van der Waals surface area contributed by atoms with Crippen LogP contribution in [-0.4, -0.2) is 116 Å². The first-order chi connectivity index (χ1) is 41.1. The van der Waals surface area contributed by atoms with Gasteiger partial charge in [-0.15, -0.1) is 0 Å². The average molecular weight is 1320 g/mol. The Bertz CT molecular complexity index is 3300. The number of benzene rings is 2. The fourth-order valence-electron chi connectivity index (χ4n) is 7.82. The minimum absolute atomic E-state index is 0.0157. The number of hydrogen-bond acceptors (Lipinski definition) is 15. The number of hydrogen-bond donors (Lipinski definition) is 0. The second-order valence-electron chi connectivity index (χ2n) is 28.6. The van der Waals surface area contributed by atoms with Gasteiger partial charge in [0.05, 0.1) is 52.8 Å². The number of ether oxygens (including phenoxy) is 5. The minimum atomic E-state index is -4.57. The fraction of sp³-hybridized carbons (Fsp3) is 0.556. The Hall–Kier alpha value is -6.03. The van der Waals surface area contributed by atoms with E-state index in [2.05, 4.69) is 69.2 Å². The molecule has 90 heavy (non-hydrogen) atoms. The maximum Gasteiger partial charge on any atom is 0.494 e. The predicted octanol–water partition coefficient (Wildman–Crippen LogP) is 15.0. The summed E-state index contributed by atoms with van der Waals surface area (Å²) < 4.78 is 123. The van der Waals surface area contributed by atoms with E-state index >= 15 is 0 Å². The van der Waals surface area contributed by atoms with Crippen LogP contribution in [-0.2, 0) is 69.1 Å². The van der Waals surface area contributed by atoms with Crippen LogP contribution in [0.4, 0.5) is 26.3 Å². The van der Waals surface area contributed by atoms with E-state index in [4.69, 9.17) is 44.6 Å². The SMILES string of the molecule is CC(C)(C)OC(=O)C(C)(C)COc1cnc(Cl)cn1.CC(C)(C)OC(=O)C(C)(C)c1cnc(-c2ccc(-c3nc(C(F)(F)F)cn3COCC[Si](C)(C)C)cc2)cn1.CC1(C)OB(c2ccc(-c3nc(C(F)(F)F)cn3COCC[Si](C)(C)C)cc2)OC1(C)C. The molecule has 0 N–H and O–H groups in total. The molecule has 0 amide bonds. The monoisotopic (exact) mass is 1320 g/mol. The number of rotatable bonds is 20. The van der Waals surface area contributed by atoms with E-state index < -0.39 is 86.2 Å². The van der Waals surface area contributed by atoms with Crippen LogP contribution >= 0.6 is 11.6 Å². The molecule has 0 saturated carbocycles. The second kappa shape index (κ2) is 28.9. The highest BCUT2D eigenvalue weighted by molar-refractivity contribution is 6.76. The highest BCUT2D eigenvalue weighted by Gasteiger charge is 2.52. The molecular formula is C63H88BClF6N8O9Si2. The van der Waals surface area contributed by atoms with Gasteiger partial charge in [-0.05, 0) is 114 Å². The quantitative estimate of drug-likeness (QED) is 0.0304. The van der Waals surface area contributed by atoms with E-state index in [-0.39, 0.29) is 37.7 Å². The van der Waals surface area contributed by atoms with Gasteiger partial charge in [0.25, 0.3) is 0 Å². The van der Waals surface area contributed by atoms with Crippen LogP contribution in [0.15, 0.2) is 85.7 Å². The Kier molecular flexibility index (Phi) is 24.0. The predicted molar refractivity (Wildman–Crippen MR) is 341 cm³/mol. The zero-order chi connectivity index (χ0) is 67.9. The lowest BCUT2D eigenvalue weighted by molar-refractivity contribution is -0.167. The molecule has 0 atom stereocenters. The summed E-state index contributed by atoms with van der Waals surface area (Å²) >= 11 is 5.62. The smallest absolute Gasteiger partial charge is 0.475 e. The van der Waals surface area contributed by atoms with Crippen molar-refractivity contribution in [2.75, 3.05) is 19.8 Å². The number of halogens is 7. The Morgan fingerprint density at radius 3 is 1.39 bits per heavy atom. The number of carbonyl (C=O) groups excluding carboxylic acids is 2. The topological polar surface area (TPSA) is 186 Å². The maximum atomic E-state index is 13.4. The van der Waals surface area contributed by atoms with Crippen LogP contribution < -0.4 is 10.2 Å². The summed E-state index contributed by atoms with van der Waals surface area (Å²) in [6, 6.07) is 15.8. The molecule has 0 bridgehead atoms. The lowest BCUT2D eigenvalue weighted by atomic mass is 9.79. The Morgan fingerprint density at radius 1 is 0.567 bits per heavy atom. The molecule has 0 radical (unpaired) electrons. The number of imidazole rings is 2. The van der Waals surface area contributed by atoms with Crippen LogP contribution in [0.25, 0.3) is 34.0 Å². The van der Waals surface area contributed by atoms with E-state index in [1.807, 2.05) is 48.5 Å². The van der Waals surface area contributed by atoms with E-state index in [1.165, 1.54) is 27.7 Å². The molecule has 7 rings (SSSR count). The van der Waals surface area contributed by atoms with Gasteiger partial charge < -0.3 is 42.1 Å². The average Bonchev–Trinajstić information content (AvgIpc) is 1.80. The van der Waals surface area contributed by atoms with Crippen molar-refractivity contribution in [2.45, 2.75) is 202 Å². The summed E-state index contributed by atoms with van der Waals surface area (Å²) in [4.78, 5) is 49.1. The van der Waals surface area contributed by atoms with Crippen LogP contribution in [0.2, 0.25) is 56.5 Å². The second-order valence-corrected chi connectivity index (χ2v) is 40.2. The van der Waals surface area contributed by atoms with E-state index in [1.54, 1.807) is 103 Å². The molecule has 4 aromatic heterocycles. The van der Waals surface area contributed by atoms with Gasteiger partial charge >= 0.3 is 31.4 Å². The standard InChI is InChI=1S/C28H37F3N4O3Si.C22H32BF3N2O3Si.C13H19ClN2O3/c1-26(2,3)38-25(36)27(4,5)22-16-32-21(15-33-22)19-9-11-20(12-10-19)24-34-23(28(29,30)31)17-35(24)18-37-13-14-39(6,7)8;1-20(2)21(3,4)31-23(30-20)17-10-8-16(9-11-17)19-27-18(22(24,25)26)14-28(19)15-29-12-13-32(5,6)7;1-12(2,3)19-11(17)13(4,5)8-18-10-7-15-9(14)6-16-10/h9-12,15-17H,13-14,18H2,1-8H3;8-11,14H,12-13,15H2,1-7H3;6-7H,8H2,1-5H3. The van der Waals surface area contributed by atoms with E-state index in [0.29, 0.717) is 52.3 Å². The fourth-order valence-corrected chi connectivity index (χ4v) is 9.43. The number of alkyl halides is 6. The molecule has 1 saturated heterocycles. The highest BCUT2D eigenvalue weighted by Crippen LogP contribution is 2.38. The van der Waals surface area contributed by atoms with Crippen molar-refractivity contribution in [2.24, 2.45) is 5.41 Å². The summed E-state index contributed by atoms with van der Waals surface area (Å²) in [5, 5.41) is 0.291. The molecule has 2 aromatic carbocycles. The van der Waals surface area contributed by atoms with Crippen LogP contribution in [0.5, 0.6) is 5.88 Å². The first kappa shape index (κ1) is 74.7. The van der Waals surface area contributed by atoms with Crippen molar-refractivity contribution in [1.29, 1.82) is 0 Å². The van der Waals surface area contributed by atoms with Gasteiger partial charge in [-0.2, -0.15) is 26.3 Å². The Balaban J connectivity index is 0.000000260. The minimum Gasteiger partial charge on any atom is -0.475 e. The zero-order valence-electron chi connectivity index (χ0n) is 55.5. The lowest BCUT2D eigenvalue weighted by Crippen LogP contribution is -2.41. The number of nitrogens with zero attached hydrogens (tertiary/aromatic N) is 8. The summed E-state index contributed by atoms with van der Waals surface area (Å²) in [6.45, 7) is 40.2. The summed E-state index contributed by atoms with van der Waals surface area (Å²) in [6.07, 6.45) is -1.21. The van der Waals surface area contributed by atoms with Crippen molar-refractivity contribution in [3.8, 4) is 39.9 Å². The van der Waals surface area contributed by atoms with Gasteiger partial charge in [0.1, 0.15) is 53.5 Å². The van der Waals surface area contributed by atoms with Gasteiger partial charge in [-0.1, -0.05) is 99.4 Å². The third-order valence-corrected chi connectivity index (χ3v) is 17.7. The van der Waals surface area contributed by atoms with Crippen molar-refractivity contribution in [3.63, 3.8) is 0 Å². The van der Waals surface area contributed by atoms with Crippen molar-refractivity contribution in [3.05, 3.63) is 108 Å². The highest BCUT2D eigenvalue weighted by atomic mass is 35.5. The van der Waals surface area contributed by atoms with Crippen LogP contribution in [0.1, 0.15) is 114 Å². The molecule has 6 aromatic rings. The van der Waals surface area contributed by atoms with Gasteiger partial charge in [0.2, 0.25) is 5.88 Å². The molecular weight excluding hydrogens is 1230 g/mol. The van der Waals surface area contributed by atoms with Crippen molar-refractivity contribution < 1.29 is 68.9 Å². The molecule has 5 heterocycles. The summed E-state index contributed by atoms with van der Waals surface area (Å²) in [7, 11) is -3.16. The van der Waals surface area contributed by atoms with Crippen LogP contribution in [0, 0.1) is 5.41 Å². The molecule has 1 aliphatic rings. The molecule has 0 unspecified atom stereocenters. The maximum absolute atomic E-state index is 13.4. The first-order valence-corrected chi connectivity index (χ1v) is 37.3. The first-order valence-electron chi connectivity index (χ1n) is 29.5. The summed E-state index contributed by atoms with van der Waals surface area (Å²) in [5.74, 6) is -0.0178. The molecule has 494 valence electrons. The number of aromatic nitrogens is 8. The molecule has 17 nitrogen and oxygen atoms in total. The molecule has 27 heteroatoms. The number of carbonyl (C=O) groups is 2. The largest absolute Gasteiger partial charge is 0.494 e. The van der Waals surface area contributed by atoms with Crippen LogP contribution in [0.3, 0.4) is 0 Å². The van der Waals surface area contributed by atoms with Crippen molar-refractivity contribution >= 4 is 52.3 Å². The van der Waals surface area contributed by atoms with E-state index in [9.17, 15) is 35.9 Å². The normalized spacial score (nSPS) is 14.7. The Labute approximate surface area is 532 Å². The van der Waals surface area contributed by atoms with Gasteiger partial charge in [0, 0.05) is 58.4 Å². The number of esters is 2. The van der Waals surface area contributed by atoms with Gasteiger partial charge in [-0.3, -0.25) is 19.6 Å². The summed E-state index contributed by atoms with van der Waals surface area (Å²) in [5.41, 5.74) is -2.14. The third kappa shape index (κ3) is 22.4. The van der Waals surface area contributed by atoms with Crippen molar-refractivity contribution in [1.82, 2.24) is 39.0 Å². The van der Waals surface area contributed by atoms with Gasteiger partial charge in [0.15, 0.2) is 11.4 Å². The van der Waals surface area contributed by atoms with E-state index in [0.717, 1.165) is 29.9 Å². The lowest BCUT2D eigenvalue weighted by Gasteiger charge is -2.32. The third-order valence-electron chi connectivity index (χ3n) is 14.1. The van der Waals surface area contributed by atoms with Gasteiger partial charge in [-0.25, -0.2) is 19.9 Å². The molecule has 0 aliphatic carbocycles. The molecule has 1 fully saturated rings. The Morgan fingerprint density at radius 2 is 1.00 bits per heavy atom. The molecule has 1 aliphatic heterocycles. The zero-order valence-corrected chi connectivity index (χ0v) is 58.3. The molecule has 0 spiro atoms.